The molecule has 2 aromatic heterocycles. The van der Waals surface area contributed by atoms with Crippen molar-refractivity contribution in [1.29, 1.82) is 0 Å². The van der Waals surface area contributed by atoms with E-state index in [1.165, 1.54) is 28.2 Å². The molecular weight excluding hydrogens is 380 g/mol. The number of hydrogen-bond donors (Lipinski definition) is 0. The third kappa shape index (κ3) is 2.85. The Morgan fingerprint density at radius 3 is 2.35 bits per heavy atom. The number of aromatic nitrogens is 2. The zero-order valence-electron chi connectivity index (χ0n) is 18.9. The first-order chi connectivity index (χ1) is 14.8. The highest BCUT2D eigenvalue weighted by atomic mass is 15.2. The van der Waals surface area contributed by atoms with Crippen LogP contribution in [0.5, 0.6) is 0 Å². The molecule has 0 aliphatic carbocycles. The summed E-state index contributed by atoms with van der Waals surface area (Å²) in [5, 5.41) is 0. The first kappa shape index (κ1) is 19.7. The van der Waals surface area contributed by atoms with E-state index in [1.54, 1.807) is 0 Å². The number of pyridine rings is 2. The summed E-state index contributed by atoms with van der Waals surface area (Å²) in [6, 6.07) is 19.1. The Bertz CT molecular complexity index is 1220. The summed E-state index contributed by atoms with van der Waals surface area (Å²) in [7, 11) is 4.31. The van der Waals surface area contributed by atoms with Crippen LogP contribution in [0.4, 0.5) is 11.5 Å². The first-order valence-corrected chi connectivity index (χ1v) is 10.9. The van der Waals surface area contributed by atoms with Crippen molar-refractivity contribution in [2.75, 3.05) is 19.0 Å². The predicted octanol–water partition coefficient (Wildman–Crippen LogP) is 5.02. The summed E-state index contributed by atoms with van der Waals surface area (Å²) in [6.45, 7) is 6.96. The third-order valence-electron chi connectivity index (χ3n) is 7.10. The molecule has 0 bridgehead atoms. The highest BCUT2D eigenvalue weighted by Crippen LogP contribution is 2.49. The summed E-state index contributed by atoms with van der Waals surface area (Å²) in [5.41, 5.74) is 7.26. The van der Waals surface area contributed by atoms with Crippen LogP contribution in [0.2, 0.25) is 0 Å². The Balaban J connectivity index is 1.69. The molecule has 0 N–H and O–H groups in total. The van der Waals surface area contributed by atoms with Gasteiger partial charge in [0.05, 0.1) is 5.41 Å². The van der Waals surface area contributed by atoms with Gasteiger partial charge in [-0.2, -0.15) is 4.58 Å². The lowest BCUT2D eigenvalue weighted by Gasteiger charge is -2.29. The SMILES string of the molecule is CN1C(=CC2=[N+](C)c3ccccc3C2(C)C)C(C)(Cc2ccccn2)c2cccnc21. The number of anilines is 1. The van der Waals surface area contributed by atoms with Gasteiger partial charge >= 0.3 is 0 Å². The van der Waals surface area contributed by atoms with Gasteiger partial charge in [-0.05, 0) is 39.0 Å². The van der Waals surface area contributed by atoms with Crippen molar-refractivity contribution < 1.29 is 4.58 Å². The minimum Gasteiger partial charge on any atom is -0.332 e. The zero-order chi connectivity index (χ0) is 21.8. The van der Waals surface area contributed by atoms with E-state index in [0.29, 0.717) is 0 Å². The molecule has 4 heteroatoms. The highest BCUT2D eigenvalue weighted by Gasteiger charge is 2.48. The topological polar surface area (TPSA) is 32.0 Å². The standard InChI is InChI=1S/C27H29N4/c1-26(2)20-12-6-7-14-22(20)30(4)23(26)17-24-27(3,18-19-11-8-9-15-28-19)21-13-10-16-29-25(21)31(24)5/h6-17H,18H2,1-5H3/q+1. The molecule has 1 atom stereocenters. The smallest absolute Gasteiger partial charge is 0.209 e. The molecule has 0 saturated heterocycles. The molecule has 156 valence electrons. The second kappa shape index (κ2) is 6.88. The average molecular weight is 410 g/mol. The molecule has 0 amide bonds. The van der Waals surface area contributed by atoms with E-state index in [0.717, 1.165) is 17.9 Å². The molecule has 0 spiro atoms. The fourth-order valence-corrected chi connectivity index (χ4v) is 5.41. The van der Waals surface area contributed by atoms with Gasteiger partial charge in [0.25, 0.3) is 0 Å². The Morgan fingerprint density at radius 2 is 1.61 bits per heavy atom. The van der Waals surface area contributed by atoms with Crippen LogP contribution in [-0.2, 0) is 17.3 Å². The van der Waals surface area contributed by atoms with E-state index in [-0.39, 0.29) is 10.8 Å². The van der Waals surface area contributed by atoms with Crippen LogP contribution in [0.3, 0.4) is 0 Å². The maximum atomic E-state index is 4.74. The van der Waals surface area contributed by atoms with Crippen molar-refractivity contribution in [3.8, 4) is 0 Å². The van der Waals surface area contributed by atoms with Gasteiger partial charge in [0, 0.05) is 65.9 Å². The highest BCUT2D eigenvalue weighted by molar-refractivity contribution is 6.04. The van der Waals surface area contributed by atoms with E-state index < -0.39 is 0 Å². The van der Waals surface area contributed by atoms with E-state index >= 15 is 0 Å². The van der Waals surface area contributed by atoms with E-state index in [9.17, 15) is 0 Å². The minimum atomic E-state index is -0.217. The normalized spacial score (nSPS) is 22.7. The van der Waals surface area contributed by atoms with Gasteiger partial charge in [0.1, 0.15) is 12.9 Å². The molecule has 1 unspecified atom stereocenters. The summed E-state index contributed by atoms with van der Waals surface area (Å²) in [4.78, 5) is 11.6. The molecule has 3 aromatic rings. The van der Waals surface area contributed by atoms with Crippen LogP contribution >= 0.6 is 0 Å². The maximum Gasteiger partial charge on any atom is 0.209 e. The van der Waals surface area contributed by atoms with Crippen molar-refractivity contribution in [2.45, 2.75) is 38.0 Å². The number of allylic oxidation sites excluding steroid dienone is 2. The molecule has 0 radical (unpaired) electrons. The summed E-state index contributed by atoms with van der Waals surface area (Å²) in [5.74, 6) is 1.03. The van der Waals surface area contributed by atoms with Crippen LogP contribution in [0.1, 0.15) is 37.6 Å². The van der Waals surface area contributed by atoms with Gasteiger partial charge in [0.2, 0.25) is 5.69 Å². The lowest BCUT2D eigenvalue weighted by Crippen LogP contribution is -2.33. The van der Waals surface area contributed by atoms with E-state index in [4.69, 9.17) is 4.98 Å². The average Bonchev–Trinajstić information content (AvgIpc) is 3.10. The molecule has 31 heavy (non-hydrogen) atoms. The summed E-state index contributed by atoms with van der Waals surface area (Å²) < 4.78 is 2.34. The number of nitrogens with zero attached hydrogens (tertiary/aromatic N) is 4. The molecule has 1 aromatic carbocycles. The molecule has 2 aliphatic heterocycles. The monoisotopic (exact) mass is 409 g/mol. The number of benzene rings is 1. The third-order valence-corrected chi connectivity index (χ3v) is 7.10. The van der Waals surface area contributed by atoms with Gasteiger partial charge in [-0.1, -0.05) is 30.3 Å². The van der Waals surface area contributed by atoms with Crippen molar-refractivity contribution in [2.24, 2.45) is 0 Å². The van der Waals surface area contributed by atoms with E-state index in [2.05, 4.69) is 97.9 Å². The molecule has 4 nitrogen and oxygen atoms in total. The minimum absolute atomic E-state index is 0.0761. The molecule has 2 aliphatic rings. The maximum absolute atomic E-state index is 4.74. The molecule has 0 fully saturated rings. The number of likely N-dealkylation sites (N-methyl/N-ethyl adjacent to an activating group) is 1. The van der Waals surface area contributed by atoms with Crippen LogP contribution in [0.25, 0.3) is 0 Å². The second-order valence-electron chi connectivity index (χ2n) is 9.38. The van der Waals surface area contributed by atoms with Gasteiger partial charge in [-0.25, -0.2) is 4.98 Å². The first-order valence-electron chi connectivity index (χ1n) is 10.9. The van der Waals surface area contributed by atoms with Gasteiger partial charge in [-0.3, -0.25) is 4.98 Å². The Morgan fingerprint density at radius 1 is 0.903 bits per heavy atom. The molecular formula is C27H29N4+. The van der Waals surface area contributed by atoms with Crippen LogP contribution in [-0.4, -0.2) is 34.4 Å². The van der Waals surface area contributed by atoms with Crippen molar-refractivity contribution in [1.82, 2.24) is 9.97 Å². The van der Waals surface area contributed by atoms with Crippen molar-refractivity contribution >= 4 is 17.2 Å². The van der Waals surface area contributed by atoms with Crippen molar-refractivity contribution in [3.05, 3.63) is 95.6 Å². The zero-order valence-corrected chi connectivity index (χ0v) is 18.9. The van der Waals surface area contributed by atoms with Crippen molar-refractivity contribution in [3.63, 3.8) is 0 Å². The molecule has 5 rings (SSSR count). The fraction of sp³-hybridized carbons (Fsp3) is 0.296. The van der Waals surface area contributed by atoms with Crippen LogP contribution < -0.4 is 4.90 Å². The van der Waals surface area contributed by atoms with Gasteiger partial charge in [0.15, 0.2) is 5.71 Å². The molecule has 0 saturated carbocycles. The number of rotatable bonds is 3. The lowest BCUT2D eigenvalue weighted by molar-refractivity contribution is -0.401. The Hall–Kier alpha value is -3.27. The van der Waals surface area contributed by atoms with Gasteiger partial charge < -0.3 is 4.90 Å². The number of para-hydroxylation sites is 1. The Kier molecular flexibility index (Phi) is 4.37. The predicted molar refractivity (Wildman–Crippen MR) is 126 cm³/mol. The molecule has 4 heterocycles. The van der Waals surface area contributed by atoms with Crippen LogP contribution in [0.15, 0.2) is 78.8 Å². The van der Waals surface area contributed by atoms with Gasteiger partial charge in [-0.15, -0.1) is 0 Å². The fourth-order valence-electron chi connectivity index (χ4n) is 5.41. The summed E-state index contributed by atoms with van der Waals surface area (Å²) >= 11 is 0. The number of fused-ring (bicyclic) bond motifs is 2. The van der Waals surface area contributed by atoms with Crippen LogP contribution in [0, 0.1) is 0 Å². The largest absolute Gasteiger partial charge is 0.332 e. The lowest BCUT2D eigenvalue weighted by atomic mass is 9.75. The van der Waals surface area contributed by atoms with E-state index in [1.807, 2.05) is 24.5 Å². The number of hydrogen-bond acceptors (Lipinski definition) is 3. The quantitative estimate of drug-likeness (QED) is 0.570. The second-order valence-corrected chi connectivity index (χ2v) is 9.38. The Labute approximate surface area is 184 Å². The summed E-state index contributed by atoms with van der Waals surface area (Å²) in [6.07, 6.45) is 6.98.